The SMILES string of the molecule is CC(C)NCC(C)S(=O)(=O)Nc1ccccc1N(C)C. The van der Waals surface area contributed by atoms with Gasteiger partial charge < -0.3 is 10.2 Å². The average molecular weight is 299 g/mol. The van der Waals surface area contributed by atoms with Crippen LogP contribution in [0.25, 0.3) is 0 Å². The van der Waals surface area contributed by atoms with E-state index in [9.17, 15) is 8.42 Å². The number of hydrogen-bond acceptors (Lipinski definition) is 4. The standard InChI is InChI=1S/C14H25N3O2S/c1-11(2)15-10-12(3)20(18,19)16-13-8-6-7-9-14(13)17(4)5/h6-9,11-12,15-16H,10H2,1-5H3. The predicted molar refractivity (Wildman–Crippen MR) is 85.9 cm³/mol. The first-order valence-corrected chi connectivity index (χ1v) is 8.30. The number of para-hydroxylation sites is 2. The highest BCUT2D eigenvalue weighted by molar-refractivity contribution is 7.93. The maximum atomic E-state index is 12.3. The second-order valence-electron chi connectivity index (χ2n) is 5.43. The minimum Gasteiger partial charge on any atom is -0.376 e. The van der Waals surface area contributed by atoms with E-state index >= 15 is 0 Å². The van der Waals surface area contributed by atoms with Crippen LogP contribution < -0.4 is 14.9 Å². The van der Waals surface area contributed by atoms with E-state index in [1.54, 1.807) is 13.0 Å². The van der Waals surface area contributed by atoms with Crippen molar-refractivity contribution < 1.29 is 8.42 Å². The molecule has 1 aromatic carbocycles. The van der Waals surface area contributed by atoms with E-state index in [1.165, 1.54) is 0 Å². The monoisotopic (exact) mass is 299 g/mol. The zero-order chi connectivity index (χ0) is 15.3. The van der Waals surface area contributed by atoms with Crippen LogP contribution in [0.15, 0.2) is 24.3 Å². The van der Waals surface area contributed by atoms with E-state index in [1.807, 2.05) is 51.0 Å². The van der Waals surface area contributed by atoms with E-state index in [0.29, 0.717) is 12.2 Å². The fourth-order valence-electron chi connectivity index (χ4n) is 1.72. The smallest absolute Gasteiger partial charge is 0.236 e. The molecule has 0 bridgehead atoms. The van der Waals surface area contributed by atoms with Gasteiger partial charge in [-0.2, -0.15) is 0 Å². The molecule has 0 spiro atoms. The highest BCUT2D eigenvalue weighted by Crippen LogP contribution is 2.25. The third-order valence-corrected chi connectivity index (χ3v) is 4.71. The number of benzene rings is 1. The van der Waals surface area contributed by atoms with Crippen LogP contribution in [0.1, 0.15) is 20.8 Å². The van der Waals surface area contributed by atoms with E-state index in [4.69, 9.17) is 0 Å². The lowest BCUT2D eigenvalue weighted by Crippen LogP contribution is -2.37. The van der Waals surface area contributed by atoms with Crippen molar-refractivity contribution in [2.24, 2.45) is 0 Å². The molecule has 0 aliphatic rings. The largest absolute Gasteiger partial charge is 0.376 e. The zero-order valence-corrected chi connectivity index (χ0v) is 13.7. The Morgan fingerprint density at radius 3 is 2.30 bits per heavy atom. The van der Waals surface area contributed by atoms with Gasteiger partial charge in [0.15, 0.2) is 0 Å². The number of anilines is 2. The summed E-state index contributed by atoms with van der Waals surface area (Å²) in [5.41, 5.74) is 1.45. The second-order valence-corrected chi connectivity index (χ2v) is 7.53. The first kappa shape index (κ1) is 16.8. The first-order valence-electron chi connectivity index (χ1n) is 6.75. The molecular formula is C14H25N3O2S. The third kappa shape index (κ3) is 4.68. The molecule has 0 fully saturated rings. The lowest BCUT2D eigenvalue weighted by molar-refractivity contribution is 0.553. The van der Waals surface area contributed by atoms with Gasteiger partial charge in [0.2, 0.25) is 10.0 Å². The van der Waals surface area contributed by atoms with Crippen LogP contribution in [0.3, 0.4) is 0 Å². The minimum absolute atomic E-state index is 0.265. The molecular weight excluding hydrogens is 274 g/mol. The maximum absolute atomic E-state index is 12.3. The molecule has 0 saturated carbocycles. The van der Waals surface area contributed by atoms with Gasteiger partial charge in [-0.15, -0.1) is 0 Å². The maximum Gasteiger partial charge on any atom is 0.236 e. The summed E-state index contributed by atoms with van der Waals surface area (Å²) >= 11 is 0. The van der Waals surface area contributed by atoms with Crippen LogP contribution >= 0.6 is 0 Å². The molecule has 1 rings (SSSR count). The first-order chi connectivity index (χ1) is 9.24. The van der Waals surface area contributed by atoms with Crippen LogP contribution in [-0.2, 0) is 10.0 Å². The summed E-state index contributed by atoms with van der Waals surface area (Å²) < 4.78 is 27.3. The van der Waals surface area contributed by atoms with Gasteiger partial charge in [0, 0.05) is 26.7 Å². The fourth-order valence-corrected chi connectivity index (χ4v) is 2.71. The van der Waals surface area contributed by atoms with Gasteiger partial charge in [0.05, 0.1) is 16.6 Å². The van der Waals surface area contributed by atoms with Gasteiger partial charge in [0.25, 0.3) is 0 Å². The van der Waals surface area contributed by atoms with Crippen molar-refractivity contribution in [3.05, 3.63) is 24.3 Å². The Kier molecular flexibility index (Phi) is 5.83. The molecule has 2 N–H and O–H groups in total. The highest BCUT2D eigenvalue weighted by atomic mass is 32.2. The van der Waals surface area contributed by atoms with E-state index < -0.39 is 15.3 Å². The molecule has 0 radical (unpaired) electrons. The molecule has 0 heterocycles. The lowest BCUT2D eigenvalue weighted by Gasteiger charge is -2.21. The van der Waals surface area contributed by atoms with Crippen LogP contribution in [-0.4, -0.2) is 40.3 Å². The Labute approximate surface area is 122 Å². The Morgan fingerprint density at radius 1 is 1.15 bits per heavy atom. The van der Waals surface area contributed by atoms with Gasteiger partial charge in [-0.25, -0.2) is 8.42 Å². The summed E-state index contributed by atoms with van der Waals surface area (Å²) in [7, 11) is 0.367. The number of hydrogen-bond donors (Lipinski definition) is 2. The van der Waals surface area contributed by atoms with Crippen molar-refractivity contribution in [3.8, 4) is 0 Å². The lowest BCUT2D eigenvalue weighted by atomic mass is 10.2. The normalized spacial score (nSPS) is 13.3. The number of sulfonamides is 1. The average Bonchev–Trinajstić information content (AvgIpc) is 2.35. The Morgan fingerprint density at radius 2 is 1.75 bits per heavy atom. The summed E-state index contributed by atoms with van der Waals surface area (Å²) in [5.74, 6) is 0. The van der Waals surface area contributed by atoms with Crippen molar-refractivity contribution in [3.63, 3.8) is 0 Å². The van der Waals surface area contributed by atoms with Crippen LogP contribution in [0.5, 0.6) is 0 Å². The van der Waals surface area contributed by atoms with Gasteiger partial charge >= 0.3 is 0 Å². The van der Waals surface area contributed by atoms with E-state index in [2.05, 4.69) is 10.0 Å². The molecule has 1 aromatic rings. The van der Waals surface area contributed by atoms with E-state index in [-0.39, 0.29) is 6.04 Å². The minimum atomic E-state index is -3.40. The molecule has 1 unspecified atom stereocenters. The van der Waals surface area contributed by atoms with Crippen molar-refractivity contribution in [2.75, 3.05) is 30.3 Å². The van der Waals surface area contributed by atoms with Gasteiger partial charge in [-0.05, 0) is 19.1 Å². The summed E-state index contributed by atoms with van der Waals surface area (Å²) in [6.45, 7) is 6.12. The van der Waals surface area contributed by atoms with Crippen molar-refractivity contribution in [2.45, 2.75) is 32.1 Å². The summed E-state index contributed by atoms with van der Waals surface area (Å²) in [5, 5.41) is 2.65. The molecule has 0 amide bonds. The van der Waals surface area contributed by atoms with Gasteiger partial charge in [-0.3, -0.25) is 4.72 Å². The van der Waals surface area contributed by atoms with Crippen LogP contribution in [0.2, 0.25) is 0 Å². The van der Waals surface area contributed by atoms with E-state index in [0.717, 1.165) is 5.69 Å². The summed E-state index contributed by atoms with van der Waals surface area (Å²) in [6, 6.07) is 7.63. The summed E-state index contributed by atoms with van der Waals surface area (Å²) in [4.78, 5) is 1.88. The highest BCUT2D eigenvalue weighted by Gasteiger charge is 2.21. The van der Waals surface area contributed by atoms with Crippen LogP contribution in [0.4, 0.5) is 11.4 Å². The third-order valence-electron chi connectivity index (χ3n) is 2.98. The van der Waals surface area contributed by atoms with Gasteiger partial charge in [-0.1, -0.05) is 26.0 Å². The molecule has 0 aromatic heterocycles. The Balaban J connectivity index is 2.86. The Bertz CT molecular complexity index is 527. The quantitative estimate of drug-likeness (QED) is 0.807. The fraction of sp³-hybridized carbons (Fsp3) is 0.571. The topological polar surface area (TPSA) is 61.4 Å². The van der Waals surface area contributed by atoms with Crippen molar-refractivity contribution in [1.29, 1.82) is 0 Å². The summed E-state index contributed by atoms with van der Waals surface area (Å²) in [6.07, 6.45) is 0. The Hall–Kier alpha value is -1.27. The molecule has 114 valence electrons. The molecule has 20 heavy (non-hydrogen) atoms. The number of nitrogens with zero attached hydrogens (tertiary/aromatic N) is 1. The molecule has 0 aliphatic carbocycles. The molecule has 0 aliphatic heterocycles. The molecule has 5 nitrogen and oxygen atoms in total. The number of nitrogens with one attached hydrogen (secondary N) is 2. The molecule has 0 saturated heterocycles. The van der Waals surface area contributed by atoms with Crippen molar-refractivity contribution in [1.82, 2.24) is 5.32 Å². The zero-order valence-electron chi connectivity index (χ0n) is 12.8. The predicted octanol–water partition coefficient (Wildman–Crippen LogP) is 1.88. The second kappa shape index (κ2) is 6.95. The molecule has 1 atom stereocenters. The molecule has 6 heteroatoms. The van der Waals surface area contributed by atoms with Crippen LogP contribution in [0, 0.1) is 0 Å². The van der Waals surface area contributed by atoms with Gasteiger partial charge in [0.1, 0.15) is 0 Å². The number of rotatable bonds is 7. The van der Waals surface area contributed by atoms with Crippen molar-refractivity contribution >= 4 is 21.4 Å².